The highest BCUT2D eigenvalue weighted by Gasteiger charge is 2.41. The first-order chi connectivity index (χ1) is 18.4. The van der Waals surface area contributed by atoms with Gasteiger partial charge in [0.05, 0.1) is 11.8 Å². The molecule has 3 aromatic rings. The van der Waals surface area contributed by atoms with Crippen molar-refractivity contribution in [3.8, 4) is 11.3 Å². The molecule has 0 radical (unpaired) electrons. The Kier molecular flexibility index (Phi) is 8.37. The molecule has 1 saturated heterocycles. The molecule has 2 aromatic heterocycles. The molecule has 4 rings (SSSR count). The average Bonchev–Trinajstić information content (AvgIpc) is 3.48. The van der Waals surface area contributed by atoms with Gasteiger partial charge in [-0.15, -0.1) is 0 Å². The smallest absolute Gasteiger partial charge is 0.326 e. The topological polar surface area (TPSA) is 129 Å². The second kappa shape index (κ2) is 11.4. The number of halogens is 1. The average molecular weight is 558 g/mol. The maximum absolute atomic E-state index is 13.4. The summed E-state index contributed by atoms with van der Waals surface area (Å²) in [6, 6.07) is 6.68. The molecule has 1 aliphatic heterocycles. The number of anilines is 1. The van der Waals surface area contributed by atoms with E-state index in [9.17, 15) is 24.6 Å². The number of rotatable bonds is 9. The van der Waals surface area contributed by atoms with Crippen molar-refractivity contribution in [3.63, 3.8) is 0 Å². The molecule has 210 valence electrons. The molecular weight excluding hydrogens is 522 g/mol. The summed E-state index contributed by atoms with van der Waals surface area (Å²) in [7, 11) is 0. The Bertz CT molecular complexity index is 1410. The van der Waals surface area contributed by atoms with Crippen LogP contribution in [0.15, 0.2) is 41.3 Å². The van der Waals surface area contributed by atoms with Crippen LogP contribution in [0.5, 0.6) is 0 Å². The summed E-state index contributed by atoms with van der Waals surface area (Å²) in [6.07, 6.45) is 3.75. The van der Waals surface area contributed by atoms with Crippen molar-refractivity contribution >= 4 is 35.1 Å². The zero-order chi connectivity index (χ0) is 28.5. The number of unbranched alkanes of at least 4 members (excludes halogenated alkanes) is 2. The molecule has 3 heterocycles. The number of amides is 1. The number of aromatic nitrogens is 3. The Morgan fingerprint density at radius 2 is 1.90 bits per heavy atom. The maximum atomic E-state index is 13.4. The lowest BCUT2D eigenvalue weighted by Crippen LogP contribution is -2.54. The molecule has 1 aliphatic rings. The third-order valence-corrected chi connectivity index (χ3v) is 7.35. The van der Waals surface area contributed by atoms with E-state index >= 15 is 0 Å². The van der Waals surface area contributed by atoms with E-state index in [1.54, 1.807) is 44.0 Å². The fraction of sp³-hybridized carbons (Fsp3) is 0.500. The van der Waals surface area contributed by atoms with Crippen molar-refractivity contribution in [2.45, 2.75) is 78.1 Å². The SMILES string of the molecule is CCCCCn1c(N2C[C@@H](O)C[C@H]2C(=O)N[C@H](C(=O)O)C(C)(C)C)cc(=O)n2cc(-c3ccc(Cl)cc3)nc12. The number of fused-ring (bicyclic) bond motifs is 1. The zero-order valence-electron chi connectivity index (χ0n) is 22.7. The second-order valence-corrected chi connectivity index (χ2v) is 11.6. The number of benzene rings is 1. The van der Waals surface area contributed by atoms with Crippen LogP contribution >= 0.6 is 11.6 Å². The number of nitrogens with one attached hydrogen (secondary N) is 1. The van der Waals surface area contributed by atoms with E-state index in [0.717, 1.165) is 24.8 Å². The fourth-order valence-electron chi connectivity index (χ4n) is 5.02. The van der Waals surface area contributed by atoms with Gasteiger partial charge in [0.1, 0.15) is 17.9 Å². The van der Waals surface area contributed by atoms with Crippen LogP contribution in [-0.2, 0) is 16.1 Å². The highest BCUT2D eigenvalue weighted by Crippen LogP contribution is 2.29. The van der Waals surface area contributed by atoms with Crippen LogP contribution in [-0.4, -0.2) is 60.8 Å². The zero-order valence-corrected chi connectivity index (χ0v) is 23.5. The molecule has 0 saturated carbocycles. The molecule has 1 fully saturated rings. The van der Waals surface area contributed by atoms with E-state index in [1.807, 2.05) is 16.7 Å². The monoisotopic (exact) mass is 557 g/mol. The number of hydrogen-bond donors (Lipinski definition) is 3. The van der Waals surface area contributed by atoms with Crippen LogP contribution in [0.4, 0.5) is 5.82 Å². The van der Waals surface area contributed by atoms with Crippen LogP contribution in [0.3, 0.4) is 0 Å². The number of β-amino-alcohol motifs (C(OH)–C–C–N with tert-alkyl or cyclic N) is 1. The van der Waals surface area contributed by atoms with Crippen LogP contribution in [0.2, 0.25) is 5.02 Å². The first-order valence-corrected chi connectivity index (χ1v) is 13.6. The van der Waals surface area contributed by atoms with Gasteiger partial charge in [0, 0.05) is 42.4 Å². The van der Waals surface area contributed by atoms with Crippen molar-refractivity contribution in [2.75, 3.05) is 11.4 Å². The maximum Gasteiger partial charge on any atom is 0.326 e. The van der Waals surface area contributed by atoms with E-state index in [-0.39, 0.29) is 18.5 Å². The minimum absolute atomic E-state index is 0.112. The summed E-state index contributed by atoms with van der Waals surface area (Å²) in [5, 5.41) is 23.6. The van der Waals surface area contributed by atoms with Crippen molar-refractivity contribution in [1.29, 1.82) is 0 Å². The van der Waals surface area contributed by atoms with Crippen molar-refractivity contribution in [1.82, 2.24) is 19.3 Å². The molecule has 3 atom stereocenters. The van der Waals surface area contributed by atoms with Gasteiger partial charge in [-0.3, -0.25) is 18.6 Å². The van der Waals surface area contributed by atoms with Gasteiger partial charge in [-0.05, 0) is 24.0 Å². The number of carboxylic acid groups (broad SMARTS) is 1. The Morgan fingerprint density at radius 1 is 1.21 bits per heavy atom. The Balaban J connectivity index is 1.79. The summed E-state index contributed by atoms with van der Waals surface area (Å²) in [5.41, 5.74) is 0.368. The van der Waals surface area contributed by atoms with E-state index in [1.165, 1.54) is 10.5 Å². The molecule has 11 heteroatoms. The molecule has 0 unspecified atom stereocenters. The fourth-order valence-corrected chi connectivity index (χ4v) is 5.14. The summed E-state index contributed by atoms with van der Waals surface area (Å²) < 4.78 is 3.40. The summed E-state index contributed by atoms with van der Waals surface area (Å²) in [6.45, 7) is 7.99. The third-order valence-electron chi connectivity index (χ3n) is 7.10. The largest absolute Gasteiger partial charge is 0.480 e. The molecular formula is C28H36ClN5O5. The summed E-state index contributed by atoms with van der Waals surface area (Å²) >= 11 is 6.05. The normalized spacial score (nSPS) is 18.5. The number of carbonyl (C=O) groups excluding carboxylic acids is 1. The summed E-state index contributed by atoms with van der Waals surface area (Å²) in [4.78, 5) is 45.1. The quantitative estimate of drug-likeness (QED) is 0.343. The van der Waals surface area contributed by atoms with Gasteiger partial charge in [-0.25, -0.2) is 9.78 Å². The summed E-state index contributed by atoms with van der Waals surface area (Å²) in [5.74, 6) is -0.745. The Hall–Kier alpha value is -3.37. The van der Waals surface area contributed by atoms with Gasteiger partial charge in [-0.1, -0.05) is 64.3 Å². The lowest BCUT2D eigenvalue weighted by atomic mass is 9.86. The van der Waals surface area contributed by atoms with E-state index in [2.05, 4.69) is 12.2 Å². The number of carboxylic acids is 1. The van der Waals surface area contributed by atoms with E-state index in [4.69, 9.17) is 16.6 Å². The predicted molar refractivity (Wildman–Crippen MR) is 150 cm³/mol. The predicted octanol–water partition coefficient (Wildman–Crippen LogP) is 3.56. The van der Waals surface area contributed by atoms with Crippen molar-refractivity contribution in [2.24, 2.45) is 5.41 Å². The van der Waals surface area contributed by atoms with Gasteiger partial charge >= 0.3 is 5.97 Å². The number of aliphatic carboxylic acids is 1. The van der Waals surface area contributed by atoms with Gasteiger partial charge < -0.3 is 20.4 Å². The minimum Gasteiger partial charge on any atom is -0.480 e. The number of carbonyl (C=O) groups is 2. The first kappa shape index (κ1) is 28.6. The van der Waals surface area contributed by atoms with Crippen molar-refractivity contribution in [3.05, 3.63) is 51.9 Å². The second-order valence-electron chi connectivity index (χ2n) is 11.2. The molecule has 0 bridgehead atoms. The van der Waals surface area contributed by atoms with Crippen LogP contribution in [0.1, 0.15) is 53.4 Å². The Labute approximate surface area is 232 Å². The molecule has 1 amide bonds. The van der Waals surface area contributed by atoms with Gasteiger partial charge in [0.15, 0.2) is 0 Å². The molecule has 0 spiro atoms. The van der Waals surface area contributed by atoms with Crippen LogP contribution < -0.4 is 15.8 Å². The molecule has 0 aliphatic carbocycles. The van der Waals surface area contributed by atoms with Gasteiger partial charge in [0.2, 0.25) is 11.7 Å². The third kappa shape index (κ3) is 6.12. The Morgan fingerprint density at radius 3 is 2.51 bits per heavy atom. The van der Waals surface area contributed by atoms with Gasteiger partial charge in [-0.2, -0.15) is 0 Å². The highest BCUT2D eigenvalue weighted by atomic mass is 35.5. The first-order valence-electron chi connectivity index (χ1n) is 13.3. The van der Waals surface area contributed by atoms with Crippen LogP contribution in [0.25, 0.3) is 17.0 Å². The lowest BCUT2D eigenvalue weighted by Gasteiger charge is -2.32. The number of hydrogen-bond acceptors (Lipinski definition) is 6. The number of aliphatic hydroxyl groups is 1. The van der Waals surface area contributed by atoms with Crippen molar-refractivity contribution < 1.29 is 19.8 Å². The molecule has 3 N–H and O–H groups in total. The minimum atomic E-state index is -1.13. The van der Waals surface area contributed by atoms with E-state index in [0.29, 0.717) is 28.9 Å². The molecule has 39 heavy (non-hydrogen) atoms. The highest BCUT2D eigenvalue weighted by molar-refractivity contribution is 6.30. The number of aliphatic hydroxyl groups excluding tert-OH is 1. The molecule has 1 aromatic carbocycles. The van der Waals surface area contributed by atoms with Crippen LogP contribution in [0, 0.1) is 5.41 Å². The number of nitrogens with zero attached hydrogens (tertiary/aromatic N) is 4. The molecule has 10 nitrogen and oxygen atoms in total. The lowest BCUT2D eigenvalue weighted by molar-refractivity contribution is -0.145. The number of aryl methyl sites for hydroxylation is 1. The van der Waals surface area contributed by atoms with E-state index < -0.39 is 35.5 Å². The number of imidazole rings is 1. The van der Waals surface area contributed by atoms with Gasteiger partial charge in [0.25, 0.3) is 5.56 Å². The standard InChI is InChI=1S/C28H36ClN5O5/c1-5-6-7-12-32-22(14-23(36)34-16-20(30-27(32)34)17-8-10-18(29)11-9-17)33-15-19(35)13-21(33)25(37)31-24(26(38)39)28(2,3)4/h8-11,14,16,19,21,24,35H,5-7,12-13,15H2,1-4H3,(H,31,37)(H,38,39)/t19-,21-,24+/m0/s1.